The molecule has 0 unspecified atom stereocenters. The zero-order valence-electron chi connectivity index (χ0n) is 15.6. The van der Waals surface area contributed by atoms with Crippen molar-refractivity contribution in [1.29, 1.82) is 0 Å². The summed E-state index contributed by atoms with van der Waals surface area (Å²) in [6, 6.07) is 4.14. The van der Waals surface area contributed by atoms with Crippen molar-refractivity contribution in [1.82, 2.24) is 5.32 Å². The SMILES string of the molecule is Cc1ccc(O)c(C)c1NC(=O)C[N+]1(C2CCNCC2)CCCCC1. The molecular weight excluding hydrogens is 314 g/mol. The van der Waals surface area contributed by atoms with E-state index >= 15 is 0 Å². The van der Waals surface area contributed by atoms with E-state index in [1.54, 1.807) is 6.07 Å². The highest BCUT2D eigenvalue weighted by atomic mass is 16.3. The van der Waals surface area contributed by atoms with Gasteiger partial charge in [-0.25, -0.2) is 0 Å². The highest BCUT2D eigenvalue weighted by Crippen LogP contribution is 2.30. The van der Waals surface area contributed by atoms with Crippen LogP contribution in [-0.4, -0.2) is 54.3 Å². The number of nitrogens with one attached hydrogen (secondary N) is 2. The zero-order chi connectivity index (χ0) is 17.9. The molecular formula is C20H32N3O2+. The quantitative estimate of drug-likeness (QED) is 0.735. The molecule has 0 saturated carbocycles. The largest absolute Gasteiger partial charge is 0.508 e. The van der Waals surface area contributed by atoms with Gasteiger partial charge in [-0.15, -0.1) is 0 Å². The second kappa shape index (κ2) is 7.75. The molecule has 1 aromatic rings. The van der Waals surface area contributed by atoms with Crippen molar-refractivity contribution >= 4 is 11.6 Å². The van der Waals surface area contributed by atoms with Gasteiger partial charge < -0.3 is 20.2 Å². The number of phenols is 1. The molecule has 0 aliphatic carbocycles. The molecule has 1 aromatic carbocycles. The van der Waals surface area contributed by atoms with E-state index in [9.17, 15) is 9.90 Å². The number of hydrogen-bond donors (Lipinski definition) is 3. The number of aromatic hydroxyl groups is 1. The number of phenolic OH excluding ortho intramolecular Hbond substituents is 1. The van der Waals surface area contributed by atoms with Gasteiger partial charge in [-0.1, -0.05) is 6.07 Å². The van der Waals surface area contributed by atoms with E-state index < -0.39 is 0 Å². The normalized spacial score (nSPS) is 21.0. The number of likely N-dealkylation sites (tertiary alicyclic amines) is 1. The van der Waals surface area contributed by atoms with Gasteiger partial charge in [0.25, 0.3) is 5.91 Å². The van der Waals surface area contributed by atoms with Crippen LogP contribution in [0.4, 0.5) is 5.69 Å². The number of piperidine rings is 2. The average Bonchev–Trinajstić information content (AvgIpc) is 2.63. The number of amides is 1. The standard InChI is InChI=1S/C20H31N3O2/c1-15-6-7-18(24)16(2)20(15)22-19(25)14-23(12-4-3-5-13-23)17-8-10-21-11-9-17/h6-7,17,21H,3-5,8-14H2,1-2H3,(H-,22,24,25)/p+1. The van der Waals surface area contributed by atoms with Crippen LogP contribution >= 0.6 is 0 Å². The van der Waals surface area contributed by atoms with Gasteiger partial charge in [-0.3, -0.25) is 4.79 Å². The van der Waals surface area contributed by atoms with Crippen LogP contribution in [0.1, 0.15) is 43.2 Å². The number of quaternary nitrogens is 1. The highest BCUT2D eigenvalue weighted by Gasteiger charge is 2.40. The van der Waals surface area contributed by atoms with Crippen LogP contribution in [0.3, 0.4) is 0 Å². The van der Waals surface area contributed by atoms with Crippen molar-refractivity contribution < 1.29 is 14.4 Å². The lowest BCUT2D eigenvalue weighted by atomic mass is 9.96. The fourth-order valence-electron chi connectivity index (χ4n) is 4.64. The van der Waals surface area contributed by atoms with Gasteiger partial charge in [0.1, 0.15) is 5.75 Å². The molecule has 2 heterocycles. The molecule has 5 nitrogen and oxygen atoms in total. The second-order valence-electron chi connectivity index (χ2n) is 7.82. The van der Waals surface area contributed by atoms with Crippen LogP contribution in [0.5, 0.6) is 5.75 Å². The Morgan fingerprint density at radius 2 is 1.88 bits per heavy atom. The maximum atomic E-state index is 12.9. The molecule has 2 fully saturated rings. The third-order valence-electron chi connectivity index (χ3n) is 6.16. The molecule has 3 rings (SSSR count). The monoisotopic (exact) mass is 346 g/mol. The zero-order valence-corrected chi connectivity index (χ0v) is 15.6. The maximum Gasteiger partial charge on any atom is 0.279 e. The first-order chi connectivity index (χ1) is 12.0. The number of nitrogens with zero attached hydrogens (tertiary/aromatic N) is 1. The smallest absolute Gasteiger partial charge is 0.279 e. The summed E-state index contributed by atoms with van der Waals surface area (Å²) in [5, 5.41) is 16.5. The average molecular weight is 346 g/mol. The summed E-state index contributed by atoms with van der Waals surface area (Å²) >= 11 is 0. The van der Waals surface area contributed by atoms with Crippen LogP contribution in [0, 0.1) is 13.8 Å². The fourth-order valence-corrected chi connectivity index (χ4v) is 4.64. The van der Waals surface area contributed by atoms with Gasteiger partial charge in [0.15, 0.2) is 6.54 Å². The second-order valence-corrected chi connectivity index (χ2v) is 7.82. The highest BCUT2D eigenvalue weighted by molar-refractivity contribution is 5.93. The van der Waals surface area contributed by atoms with Crippen molar-refractivity contribution in [2.75, 3.05) is 38.0 Å². The third kappa shape index (κ3) is 3.98. The molecule has 0 radical (unpaired) electrons. The van der Waals surface area contributed by atoms with Gasteiger partial charge in [0.2, 0.25) is 0 Å². The molecule has 1 amide bonds. The lowest BCUT2D eigenvalue weighted by Gasteiger charge is -2.48. The summed E-state index contributed by atoms with van der Waals surface area (Å²) in [5.74, 6) is 0.318. The van der Waals surface area contributed by atoms with Crippen molar-refractivity contribution in [3.63, 3.8) is 0 Å². The van der Waals surface area contributed by atoms with Crippen LogP contribution in [-0.2, 0) is 4.79 Å². The van der Waals surface area contributed by atoms with Crippen LogP contribution < -0.4 is 10.6 Å². The third-order valence-corrected chi connectivity index (χ3v) is 6.16. The van der Waals surface area contributed by atoms with Gasteiger partial charge in [-0.05, 0) is 44.7 Å². The van der Waals surface area contributed by atoms with E-state index in [1.807, 2.05) is 19.9 Å². The molecule has 2 aliphatic heterocycles. The Bertz CT molecular complexity index is 618. The lowest BCUT2D eigenvalue weighted by molar-refractivity contribution is -0.949. The molecule has 138 valence electrons. The van der Waals surface area contributed by atoms with E-state index in [-0.39, 0.29) is 11.7 Å². The minimum Gasteiger partial charge on any atom is -0.508 e. The number of aryl methyl sites for hydroxylation is 1. The van der Waals surface area contributed by atoms with Crippen molar-refractivity contribution in [3.8, 4) is 5.75 Å². The topological polar surface area (TPSA) is 61.4 Å². The van der Waals surface area contributed by atoms with Gasteiger partial charge in [0.05, 0.1) is 24.8 Å². The lowest BCUT2D eigenvalue weighted by Crippen LogP contribution is -2.63. The van der Waals surface area contributed by atoms with E-state index in [2.05, 4.69) is 10.6 Å². The van der Waals surface area contributed by atoms with Crippen molar-refractivity contribution in [2.24, 2.45) is 0 Å². The molecule has 0 bridgehead atoms. The summed E-state index contributed by atoms with van der Waals surface area (Å²) in [4.78, 5) is 12.9. The van der Waals surface area contributed by atoms with E-state index in [0.29, 0.717) is 12.6 Å². The first-order valence-corrected chi connectivity index (χ1v) is 9.67. The predicted octanol–water partition coefficient (Wildman–Crippen LogP) is 2.70. The van der Waals surface area contributed by atoms with Gasteiger partial charge >= 0.3 is 0 Å². The Morgan fingerprint density at radius 3 is 2.56 bits per heavy atom. The Morgan fingerprint density at radius 1 is 1.20 bits per heavy atom. The minimum atomic E-state index is 0.0808. The molecule has 0 spiro atoms. The first kappa shape index (κ1) is 18.2. The minimum absolute atomic E-state index is 0.0808. The number of benzene rings is 1. The number of carbonyl (C=O) groups is 1. The molecule has 5 heteroatoms. The maximum absolute atomic E-state index is 12.9. The molecule has 0 aromatic heterocycles. The summed E-state index contributed by atoms with van der Waals surface area (Å²) in [5.41, 5.74) is 2.52. The first-order valence-electron chi connectivity index (χ1n) is 9.67. The van der Waals surface area contributed by atoms with Crippen LogP contribution in [0.2, 0.25) is 0 Å². The summed E-state index contributed by atoms with van der Waals surface area (Å²) in [6.07, 6.45) is 6.06. The van der Waals surface area contributed by atoms with Crippen molar-refractivity contribution in [3.05, 3.63) is 23.3 Å². The Kier molecular flexibility index (Phi) is 5.64. The molecule has 3 N–H and O–H groups in total. The number of hydrogen-bond acceptors (Lipinski definition) is 3. The molecule has 0 atom stereocenters. The number of anilines is 1. The summed E-state index contributed by atoms with van der Waals surface area (Å²) < 4.78 is 0.949. The molecule has 25 heavy (non-hydrogen) atoms. The van der Waals surface area contributed by atoms with Gasteiger partial charge in [-0.2, -0.15) is 0 Å². The van der Waals surface area contributed by atoms with Crippen LogP contribution in [0.15, 0.2) is 12.1 Å². The Balaban J connectivity index is 1.76. The van der Waals surface area contributed by atoms with Gasteiger partial charge in [0, 0.05) is 31.5 Å². The van der Waals surface area contributed by atoms with E-state index in [1.165, 1.54) is 19.3 Å². The van der Waals surface area contributed by atoms with Crippen LogP contribution in [0.25, 0.3) is 0 Å². The Labute approximate surface area is 151 Å². The number of rotatable bonds is 4. The molecule has 2 saturated heterocycles. The predicted molar refractivity (Wildman–Crippen MR) is 101 cm³/mol. The fraction of sp³-hybridized carbons (Fsp3) is 0.650. The Hall–Kier alpha value is -1.59. The molecule has 2 aliphatic rings. The number of carbonyl (C=O) groups excluding carboxylic acids is 1. The van der Waals surface area contributed by atoms with Crippen molar-refractivity contribution in [2.45, 2.75) is 52.0 Å². The summed E-state index contributed by atoms with van der Waals surface area (Å²) in [7, 11) is 0. The van der Waals surface area contributed by atoms with E-state index in [4.69, 9.17) is 0 Å². The summed E-state index contributed by atoms with van der Waals surface area (Å²) in [6.45, 7) is 8.76. The van der Waals surface area contributed by atoms with E-state index in [0.717, 1.165) is 60.3 Å².